The molecule has 4 nitrogen and oxygen atoms in total. The molecule has 0 aliphatic carbocycles. The highest BCUT2D eigenvalue weighted by molar-refractivity contribution is 5.46. The number of likely N-dealkylation sites (tertiary alicyclic amines) is 1. The van der Waals surface area contributed by atoms with Crippen LogP contribution in [0.25, 0.3) is 0 Å². The van der Waals surface area contributed by atoms with E-state index >= 15 is 0 Å². The van der Waals surface area contributed by atoms with E-state index in [1.54, 1.807) is 13.2 Å². The van der Waals surface area contributed by atoms with E-state index in [-0.39, 0.29) is 12.2 Å². The zero-order valence-corrected chi connectivity index (χ0v) is 13.8. The van der Waals surface area contributed by atoms with Crippen LogP contribution in [0.2, 0.25) is 0 Å². The van der Waals surface area contributed by atoms with E-state index in [1.165, 1.54) is 25.0 Å². The van der Waals surface area contributed by atoms with Crippen molar-refractivity contribution in [1.82, 2.24) is 4.90 Å². The van der Waals surface area contributed by atoms with Gasteiger partial charge >= 0.3 is 0 Å². The first kappa shape index (κ1) is 16.7. The number of benzene rings is 2. The molecule has 0 unspecified atom stereocenters. The topological polar surface area (TPSA) is 41.9 Å². The van der Waals surface area contributed by atoms with Gasteiger partial charge < -0.3 is 14.6 Å². The Bertz CT molecular complexity index is 699. The molecule has 0 aromatic heterocycles. The second-order valence-electron chi connectivity index (χ2n) is 5.98. The van der Waals surface area contributed by atoms with Crippen LogP contribution in [0, 0.1) is 5.82 Å². The lowest BCUT2D eigenvalue weighted by atomic mass is 10.2. The summed E-state index contributed by atoms with van der Waals surface area (Å²) in [5.41, 5.74) is 1.36. The number of ether oxygens (including phenoxy) is 2. The third-order valence-electron chi connectivity index (χ3n) is 4.25. The molecule has 24 heavy (non-hydrogen) atoms. The maximum atomic E-state index is 13.5. The molecule has 0 spiro atoms. The second-order valence-corrected chi connectivity index (χ2v) is 5.98. The Hall–Kier alpha value is -2.11. The Morgan fingerprint density at radius 2 is 1.88 bits per heavy atom. The predicted octanol–water partition coefficient (Wildman–Crippen LogP) is 3.71. The number of aliphatic hydroxyl groups excluding tert-OH is 1. The van der Waals surface area contributed by atoms with Crippen LogP contribution in [-0.2, 0) is 13.2 Å². The van der Waals surface area contributed by atoms with E-state index in [0.29, 0.717) is 17.2 Å². The number of methoxy groups -OCH3 is 1. The predicted molar refractivity (Wildman–Crippen MR) is 89.9 cm³/mol. The molecular formula is C19H22FNO3. The molecule has 1 N–H and O–H groups in total. The minimum absolute atomic E-state index is 0.208. The maximum Gasteiger partial charge on any atom is 0.169 e. The lowest BCUT2D eigenvalue weighted by molar-refractivity contribution is 0.275. The Balaban J connectivity index is 1.82. The molecule has 2 aromatic carbocycles. The average Bonchev–Trinajstić information content (AvgIpc) is 3.10. The summed E-state index contributed by atoms with van der Waals surface area (Å²) in [6.07, 6.45) is 2.50. The van der Waals surface area contributed by atoms with Gasteiger partial charge in [0.1, 0.15) is 11.6 Å². The van der Waals surface area contributed by atoms with Crippen molar-refractivity contribution in [3.8, 4) is 17.2 Å². The van der Waals surface area contributed by atoms with E-state index in [1.807, 2.05) is 18.2 Å². The minimum Gasteiger partial charge on any atom is -0.493 e. The van der Waals surface area contributed by atoms with E-state index in [0.717, 1.165) is 25.2 Å². The van der Waals surface area contributed by atoms with Gasteiger partial charge in [-0.1, -0.05) is 6.07 Å². The highest BCUT2D eigenvalue weighted by Gasteiger charge is 2.14. The zero-order chi connectivity index (χ0) is 16.9. The van der Waals surface area contributed by atoms with Crippen LogP contribution in [0.1, 0.15) is 24.0 Å². The summed E-state index contributed by atoms with van der Waals surface area (Å²) in [6.45, 7) is 2.76. The van der Waals surface area contributed by atoms with Gasteiger partial charge in [-0.3, -0.25) is 4.90 Å². The van der Waals surface area contributed by atoms with Gasteiger partial charge in [-0.05, 0) is 61.8 Å². The zero-order valence-electron chi connectivity index (χ0n) is 13.8. The third-order valence-corrected chi connectivity index (χ3v) is 4.25. The molecule has 1 saturated heterocycles. The van der Waals surface area contributed by atoms with Crippen molar-refractivity contribution in [2.75, 3.05) is 20.2 Å². The first-order valence-electron chi connectivity index (χ1n) is 8.16. The summed E-state index contributed by atoms with van der Waals surface area (Å²) in [4.78, 5) is 2.41. The fourth-order valence-corrected chi connectivity index (χ4v) is 2.96. The molecule has 5 heteroatoms. The quantitative estimate of drug-likeness (QED) is 0.876. The summed E-state index contributed by atoms with van der Waals surface area (Å²) >= 11 is 0. The molecule has 0 amide bonds. The number of halogens is 1. The highest BCUT2D eigenvalue weighted by atomic mass is 19.1. The molecule has 1 aliphatic rings. The molecule has 1 fully saturated rings. The number of rotatable bonds is 6. The Morgan fingerprint density at radius 1 is 1.08 bits per heavy atom. The van der Waals surface area contributed by atoms with Gasteiger partial charge in [0.05, 0.1) is 13.7 Å². The summed E-state index contributed by atoms with van der Waals surface area (Å²) < 4.78 is 24.7. The third kappa shape index (κ3) is 3.86. The Morgan fingerprint density at radius 3 is 2.58 bits per heavy atom. The van der Waals surface area contributed by atoms with Gasteiger partial charge in [0, 0.05) is 12.1 Å². The van der Waals surface area contributed by atoms with Crippen LogP contribution >= 0.6 is 0 Å². The van der Waals surface area contributed by atoms with E-state index < -0.39 is 5.82 Å². The Kier molecular flexibility index (Phi) is 5.33. The molecule has 1 aliphatic heterocycles. The molecule has 1 heterocycles. The summed E-state index contributed by atoms with van der Waals surface area (Å²) in [6, 6.07) is 10.2. The second kappa shape index (κ2) is 7.64. The number of hydrogen-bond acceptors (Lipinski definition) is 4. The molecule has 0 bridgehead atoms. The van der Waals surface area contributed by atoms with Crippen molar-refractivity contribution in [3.63, 3.8) is 0 Å². The Labute approximate surface area is 141 Å². The maximum absolute atomic E-state index is 13.5. The molecule has 0 atom stereocenters. The van der Waals surface area contributed by atoms with Crippen molar-refractivity contribution in [3.05, 3.63) is 53.3 Å². The first-order valence-corrected chi connectivity index (χ1v) is 8.16. The van der Waals surface area contributed by atoms with E-state index in [4.69, 9.17) is 9.47 Å². The van der Waals surface area contributed by atoms with Crippen LogP contribution in [0.3, 0.4) is 0 Å². The van der Waals surface area contributed by atoms with Crippen molar-refractivity contribution < 1.29 is 19.0 Å². The molecule has 128 valence electrons. The summed E-state index contributed by atoms with van der Waals surface area (Å²) in [7, 11) is 1.59. The fourth-order valence-electron chi connectivity index (χ4n) is 2.96. The van der Waals surface area contributed by atoms with Gasteiger partial charge in [0.15, 0.2) is 11.5 Å². The number of aliphatic hydroxyl groups is 1. The van der Waals surface area contributed by atoms with Crippen LogP contribution < -0.4 is 9.47 Å². The van der Waals surface area contributed by atoms with Gasteiger partial charge in [-0.2, -0.15) is 0 Å². The van der Waals surface area contributed by atoms with Gasteiger partial charge in [0.2, 0.25) is 0 Å². The van der Waals surface area contributed by atoms with Crippen LogP contribution in [0.5, 0.6) is 17.2 Å². The molecule has 0 radical (unpaired) electrons. The van der Waals surface area contributed by atoms with Gasteiger partial charge in [-0.15, -0.1) is 0 Å². The van der Waals surface area contributed by atoms with Crippen molar-refractivity contribution in [1.29, 1.82) is 0 Å². The largest absolute Gasteiger partial charge is 0.493 e. The van der Waals surface area contributed by atoms with Crippen LogP contribution in [-0.4, -0.2) is 30.2 Å². The van der Waals surface area contributed by atoms with Crippen LogP contribution in [0.15, 0.2) is 36.4 Å². The van der Waals surface area contributed by atoms with E-state index in [2.05, 4.69) is 4.90 Å². The van der Waals surface area contributed by atoms with E-state index in [9.17, 15) is 9.50 Å². The standard InChI is InChI=1S/C19H22FNO3/c1-23-18-7-4-14(12-21-8-2-3-9-21)10-19(18)24-16-5-6-17(20)15(11-16)13-22/h4-7,10-11,22H,2-3,8-9,12-13H2,1H3. The van der Waals surface area contributed by atoms with Gasteiger partial charge in [-0.25, -0.2) is 4.39 Å². The summed E-state index contributed by atoms with van der Waals surface area (Å²) in [5, 5.41) is 9.19. The SMILES string of the molecule is COc1ccc(CN2CCCC2)cc1Oc1ccc(F)c(CO)c1. The van der Waals surface area contributed by atoms with Crippen molar-refractivity contribution in [2.24, 2.45) is 0 Å². The summed E-state index contributed by atoms with van der Waals surface area (Å²) in [5.74, 6) is 1.23. The minimum atomic E-state index is -0.445. The van der Waals surface area contributed by atoms with Crippen LogP contribution in [0.4, 0.5) is 4.39 Å². The molecule has 0 saturated carbocycles. The molecule has 3 rings (SSSR count). The fraction of sp³-hybridized carbons (Fsp3) is 0.368. The lowest BCUT2D eigenvalue weighted by Crippen LogP contribution is -2.18. The van der Waals surface area contributed by atoms with Crippen molar-refractivity contribution >= 4 is 0 Å². The number of hydrogen-bond donors (Lipinski definition) is 1. The molecule has 2 aromatic rings. The molecular weight excluding hydrogens is 309 g/mol. The first-order chi connectivity index (χ1) is 11.7. The monoisotopic (exact) mass is 331 g/mol. The highest BCUT2D eigenvalue weighted by Crippen LogP contribution is 2.33. The number of nitrogens with zero attached hydrogens (tertiary/aromatic N) is 1. The lowest BCUT2D eigenvalue weighted by Gasteiger charge is -2.17. The normalized spacial score (nSPS) is 14.8. The van der Waals surface area contributed by atoms with Gasteiger partial charge in [0.25, 0.3) is 0 Å². The smallest absolute Gasteiger partial charge is 0.169 e. The van der Waals surface area contributed by atoms with Crippen molar-refractivity contribution in [2.45, 2.75) is 26.0 Å². The average molecular weight is 331 g/mol.